The molecule has 1 aliphatic heterocycles. The molecule has 3 aromatic rings. The van der Waals surface area contributed by atoms with Crippen molar-refractivity contribution in [3.63, 3.8) is 0 Å². The number of nitro benzene ring substituents is 1. The van der Waals surface area contributed by atoms with Gasteiger partial charge in [0.15, 0.2) is 0 Å². The molecule has 1 heterocycles. The number of benzene rings is 3. The molecule has 3 amide bonds. The first-order valence-electron chi connectivity index (χ1n) is 11.5. The van der Waals surface area contributed by atoms with Crippen LogP contribution in [-0.4, -0.2) is 40.5 Å². The quantitative estimate of drug-likeness (QED) is 0.147. The van der Waals surface area contributed by atoms with Crippen molar-refractivity contribution in [2.24, 2.45) is 0 Å². The van der Waals surface area contributed by atoms with E-state index in [1.165, 1.54) is 43.5 Å². The van der Waals surface area contributed by atoms with E-state index in [-0.39, 0.29) is 20.2 Å². The largest absolute Gasteiger partial charge is 0.495 e. The fourth-order valence-electron chi connectivity index (χ4n) is 3.61. The maximum absolute atomic E-state index is 13.0. The highest BCUT2D eigenvalue weighted by molar-refractivity contribution is 9.10. The highest BCUT2D eigenvalue weighted by atomic mass is 79.9. The number of halogens is 5. The number of ether oxygens (including phenoxy) is 2. The number of hydrogen-bond acceptors (Lipinski definition) is 8. The Morgan fingerprint density at radius 1 is 1.12 bits per heavy atom. The standard InChI is InChI=1S/C26H16BrClF3N3O7S/c1-40-20-7-4-15(11-17(20)28)32-23(35)12-33-24(36)22(42-25(33)37)9-13-2-5-19(16(27)8-13)41-21-6-3-14(26(29,30)31)10-18(21)34(38)39/h2-11H,12H2,1H3,(H,32,35)/b22-9+. The number of nitro groups is 1. The van der Waals surface area contributed by atoms with Crippen molar-refractivity contribution < 1.29 is 42.0 Å². The van der Waals surface area contributed by atoms with Crippen LogP contribution in [0.4, 0.5) is 29.3 Å². The minimum atomic E-state index is -4.78. The summed E-state index contributed by atoms with van der Waals surface area (Å²) < 4.78 is 49.7. The van der Waals surface area contributed by atoms with Gasteiger partial charge in [0.05, 0.1) is 32.0 Å². The number of amides is 3. The van der Waals surface area contributed by atoms with Crippen molar-refractivity contribution in [3.8, 4) is 17.2 Å². The smallest absolute Gasteiger partial charge is 0.416 e. The summed E-state index contributed by atoms with van der Waals surface area (Å²) >= 11 is 9.90. The molecule has 42 heavy (non-hydrogen) atoms. The van der Waals surface area contributed by atoms with Crippen LogP contribution in [0.15, 0.2) is 64.0 Å². The number of anilines is 1. The number of nitrogens with one attached hydrogen (secondary N) is 1. The lowest BCUT2D eigenvalue weighted by Crippen LogP contribution is -2.36. The summed E-state index contributed by atoms with van der Waals surface area (Å²) in [4.78, 5) is 48.9. The predicted molar refractivity (Wildman–Crippen MR) is 152 cm³/mol. The molecule has 0 saturated carbocycles. The predicted octanol–water partition coefficient (Wildman–Crippen LogP) is 7.51. The maximum atomic E-state index is 13.0. The average molecular weight is 687 g/mol. The molecule has 1 N–H and O–H groups in total. The zero-order chi connectivity index (χ0) is 30.8. The average Bonchev–Trinajstić information content (AvgIpc) is 3.16. The van der Waals surface area contributed by atoms with E-state index >= 15 is 0 Å². The number of thioether (sulfide) groups is 1. The van der Waals surface area contributed by atoms with Gasteiger partial charge in [0.25, 0.3) is 11.1 Å². The monoisotopic (exact) mass is 685 g/mol. The fourth-order valence-corrected chi connectivity index (χ4v) is 5.18. The molecule has 0 bridgehead atoms. The second-order valence-electron chi connectivity index (χ2n) is 8.39. The highest BCUT2D eigenvalue weighted by Crippen LogP contribution is 2.40. The Kier molecular flexibility index (Phi) is 9.13. The van der Waals surface area contributed by atoms with Crippen LogP contribution in [0.3, 0.4) is 0 Å². The van der Waals surface area contributed by atoms with Crippen LogP contribution in [-0.2, 0) is 15.8 Å². The zero-order valence-corrected chi connectivity index (χ0v) is 24.2. The number of methoxy groups -OCH3 is 1. The summed E-state index contributed by atoms with van der Waals surface area (Å²) in [6.07, 6.45) is -3.39. The van der Waals surface area contributed by atoms with E-state index < -0.39 is 51.7 Å². The van der Waals surface area contributed by atoms with Gasteiger partial charge in [0, 0.05) is 11.8 Å². The van der Waals surface area contributed by atoms with Gasteiger partial charge in [0.2, 0.25) is 11.7 Å². The third-order valence-electron chi connectivity index (χ3n) is 5.57. The minimum Gasteiger partial charge on any atom is -0.495 e. The van der Waals surface area contributed by atoms with E-state index in [4.69, 9.17) is 21.1 Å². The summed E-state index contributed by atoms with van der Waals surface area (Å²) in [5.41, 5.74) is -1.33. The minimum absolute atomic E-state index is 0.0271. The maximum Gasteiger partial charge on any atom is 0.416 e. The van der Waals surface area contributed by atoms with E-state index in [9.17, 15) is 37.7 Å². The van der Waals surface area contributed by atoms with Crippen molar-refractivity contribution in [1.82, 2.24) is 4.90 Å². The molecule has 1 aliphatic rings. The SMILES string of the molecule is COc1ccc(NC(=O)CN2C(=O)S/C(=C/c3ccc(Oc4ccc(C(F)(F)F)cc4[N+](=O)[O-])c(Br)c3)C2=O)cc1Cl. The van der Waals surface area contributed by atoms with Gasteiger partial charge in [-0.05, 0) is 81.8 Å². The van der Waals surface area contributed by atoms with Gasteiger partial charge < -0.3 is 14.8 Å². The summed E-state index contributed by atoms with van der Waals surface area (Å²) in [5, 5.41) is 13.5. The molecule has 1 fully saturated rings. The van der Waals surface area contributed by atoms with E-state index in [2.05, 4.69) is 21.2 Å². The van der Waals surface area contributed by atoms with E-state index in [1.54, 1.807) is 6.07 Å². The second kappa shape index (κ2) is 12.4. The Hall–Kier alpha value is -4.08. The van der Waals surface area contributed by atoms with Gasteiger partial charge in [-0.25, -0.2) is 0 Å². The van der Waals surface area contributed by atoms with E-state index in [0.29, 0.717) is 40.9 Å². The number of carbonyl (C=O) groups is 3. The van der Waals surface area contributed by atoms with Crippen LogP contribution in [0.5, 0.6) is 17.2 Å². The summed E-state index contributed by atoms with van der Waals surface area (Å²) in [7, 11) is 1.44. The lowest BCUT2D eigenvalue weighted by atomic mass is 10.1. The molecule has 0 aliphatic carbocycles. The Morgan fingerprint density at radius 3 is 2.43 bits per heavy atom. The third-order valence-corrected chi connectivity index (χ3v) is 7.39. The topological polar surface area (TPSA) is 128 Å². The molecule has 0 aromatic heterocycles. The molecule has 0 spiro atoms. The molecule has 10 nitrogen and oxygen atoms in total. The van der Waals surface area contributed by atoms with Crippen molar-refractivity contribution in [2.45, 2.75) is 6.18 Å². The zero-order valence-electron chi connectivity index (χ0n) is 21.0. The van der Waals surface area contributed by atoms with Gasteiger partial charge in [-0.3, -0.25) is 29.4 Å². The van der Waals surface area contributed by atoms with Crippen LogP contribution in [0.25, 0.3) is 6.08 Å². The van der Waals surface area contributed by atoms with Crippen LogP contribution in [0.2, 0.25) is 5.02 Å². The van der Waals surface area contributed by atoms with Gasteiger partial charge in [-0.15, -0.1) is 0 Å². The molecule has 0 atom stereocenters. The number of alkyl halides is 3. The Morgan fingerprint density at radius 2 is 1.81 bits per heavy atom. The summed E-state index contributed by atoms with van der Waals surface area (Å²) in [6.45, 7) is -0.548. The first-order valence-corrected chi connectivity index (χ1v) is 13.5. The molecule has 4 rings (SSSR count). The third kappa shape index (κ3) is 7.03. The van der Waals surface area contributed by atoms with Crippen molar-refractivity contribution in [2.75, 3.05) is 19.0 Å². The lowest BCUT2D eigenvalue weighted by molar-refractivity contribution is -0.385. The Balaban J connectivity index is 1.46. The van der Waals surface area contributed by atoms with E-state index in [0.717, 1.165) is 11.0 Å². The van der Waals surface area contributed by atoms with Crippen LogP contribution < -0.4 is 14.8 Å². The van der Waals surface area contributed by atoms with Gasteiger partial charge in [0.1, 0.15) is 18.0 Å². The van der Waals surface area contributed by atoms with Gasteiger partial charge >= 0.3 is 11.9 Å². The van der Waals surface area contributed by atoms with Crippen LogP contribution in [0, 0.1) is 10.1 Å². The fraction of sp³-hybridized carbons (Fsp3) is 0.115. The molecule has 16 heteroatoms. The molecular formula is C26H16BrClF3N3O7S. The van der Waals surface area contributed by atoms with Crippen molar-refractivity contribution in [3.05, 3.63) is 90.2 Å². The lowest BCUT2D eigenvalue weighted by Gasteiger charge is -2.13. The number of nitrogens with zero attached hydrogens (tertiary/aromatic N) is 2. The Labute approximate surface area is 252 Å². The number of hydrogen-bond donors (Lipinski definition) is 1. The van der Waals surface area contributed by atoms with Gasteiger partial charge in [-0.2, -0.15) is 13.2 Å². The number of imide groups is 1. The van der Waals surface area contributed by atoms with Crippen molar-refractivity contribution in [1.29, 1.82) is 0 Å². The molecule has 0 radical (unpaired) electrons. The summed E-state index contributed by atoms with van der Waals surface area (Å²) in [6, 6.07) is 10.7. The van der Waals surface area contributed by atoms with Gasteiger partial charge in [-0.1, -0.05) is 17.7 Å². The highest BCUT2D eigenvalue weighted by Gasteiger charge is 2.36. The molecule has 1 saturated heterocycles. The molecular weight excluding hydrogens is 671 g/mol. The summed E-state index contributed by atoms with van der Waals surface area (Å²) in [5.74, 6) is -1.32. The van der Waals surface area contributed by atoms with Crippen molar-refractivity contribution >= 4 is 73.8 Å². The second-order valence-corrected chi connectivity index (χ2v) is 10.6. The molecule has 0 unspecified atom stereocenters. The number of rotatable bonds is 8. The first-order chi connectivity index (χ1) is 19.8. The van der Waals surface area contributed by atoms with Crippen LogP contribution >= 0.6 is 39.3 Å². The van der Waals surface area contributed by atoms with E-state index in [1.807, 2.05) is 0 Å². The Bertz CT molecular complexity index is 1650. The molecule has 3 aromatic carbocycles. The first kappa shape index (κ1) is 30.9. The van der Waals surface area contributed by atoms with Crippen LogP contribution in [0.1, 0.15) is 11.1 Å². The normalized spacial score (nSPS) is 14.3. The number of carbonyl (C=O) groups excluding carboxylic acids is 3. The molecule has 218 valence electrons.